The van der Waals surface area contributed by atoms with E-state index in [2.05, 4.69) is 236 Å². The molecular formula is C56H61N3. The minimum absolute atomic E-state index is 0.119. The summed E-state index contributed by atoms with van der Waals surface area (Å²) in [5, 5.41) is 0. The zero-order chi connectivity index (χ0) is 41.5. The van der Waals surface area contributed by atoms with Crippen LogP contribution in [0.1, 0.15) is 104 Å². The molecule has 2 heterocycles. The van der Waals surface area contributed by atoms with E-state index in [9.17, 15) is 0 Å². The average molecular weight is 776 g/mol. The van der Waals surface area contributed by atoms with E-state index in [1.54, 1.807) is 0 Å². The summed E-state index contributed by atoms with van der Waals surface area (Å²) in [7, 11) is 0. The van der Waals surface area contributed by atoms with Gasteiger partial charge in [0, 0.05) is 39.3 Å². The summed E-state index contributed by atoms with van der Waals surface area (Å²) in [6.07, 6.45) is 16.5. The van der Waals surface area contributed by atoms with Crippen LogP contribution in [0.4, 0.5) is 39.8 Å². The summed E-state index contributed by atoms with van der Waals surface area (Å²) >= 11 is 0. The van der Waals surface area contributed by atoms with Gasteiger partial charge < -0.3 is 14.7 Å². The monoisotopic (exact) mass is 775 g/mol. The van der Waals surface area contributed by atoms with Gasteiger partial charge in [-0.05, 0) is 124 Å². The first-order valence-electron chi connectivity index (χ1n) is 21.7. The van der Waals surface area contributed by atoms with Crippen LogP contribution in [0.15, 0.2) is 163 Å². The van der Waals surface area contributed by atoms with Gasteiger partial charge in [-0.1, -0.05) is 154 Å². The van der Waals surface area contributed by atoms with Gasteiger partial charge in [0.1, 0.15) is 0 Å². The third-order valence-corrected chi connectivity index (χ3v) is 13.7. The van der Waals surface area contributed by atoms with Crippen LogP contribution < -0.4 is 14.7 Å². The van der Waals surface area contributed by atoms with Gasteiger partial charge in [0.25, 0.3) is 0 Å². The maximum atomic E-state index is 2.59. The zero-order valence-electron chi connectivity index (χ0n) is 36.8. The molecule has 0 saturated carbocycles. The predicted octanol–water partition coefficient (Wildman–Crippen LogP) is 15.5. The summed E-state index contributed by atoms with van der Waals surface area (Å²) in [5.41, 5.74) is 16.5. The molecule has 3 heteroatoms. The number of hydrogen-bond donors (Lipinski definition) is 0. The highest BCUT2D eigenvalue weighted by Crippen LogP contribution is 2.61. The average Bonchev–Trinajstić information content (AvgIpc) is 3.22. The molecule has 0 amide bonds. The Balaban J connectivity index is 1.24. The van der Waals surface area contributed by atoms with Crippen LogP contribution in [0.3, 0.4) is 0 Å². The molecule has 2 unspecified atom stereocenters. The van der Waals surface area contributed by atoms with Crippen molar-refractivity contribution in [1.29, 1.82) is 0 Å². The molecule has 2 aliphatic heterocycles. The van der Waals surface area contributed by atoms with E-state index in [0.717, 1.165) is 12.8 Å². The van der Waals surface area contributed by atoms with Crippen LogP contribution in [0.25, 0.3) is 0 Å². The number of allylic oxidation sites excluding steroid dienone is 5. The van der Waals surface area contributed by atoms with E-state index in [4.69, 9.17) is 0 Å². The van der Waals surface area contributed by atoms with Gasteiger partial charge in [-0.25, -0.2) is 0 Å². The Morgan fingerprint density at radius 1 is 0.542 bits per heavy atom. The Morgan fingerprint density at radius 2 is 1.14 bits per heavy atom. The van der Waals surface area contributed by atoms with Crippen LogP contribution in [0.5, 0.6) is 0 Å². The number of anilines is 7. The van der Waals surface area contributed by atoms with Crippen molar-refractivity contribution in [1.82, 2.24) is 0 Å². The molecule has 0 radical (unpaired) electrons. The Morgan fingerprint density at radius 3 is 1.73 bits per heavy atom. The Kier molecular flexibility index (Phi) is 9.27. The molecule has 5 aromatic rings. The summed E-state index contributed by atoms with van der Waals surface area (Å²) in [5.74, 6) is 0.498. The summed E-state index contributed by atoms with van der Waals surface area (Å²) in [4.78, 5) is 7.64. The van der Waals surface area contributed by atoms with Gasteiger partial charge in [0.2, 0.25) is 0 Å². The molecule has 0 saturated heterocycles. The number of benzene rings is 5. The maximum absolute atomic E-state index is 2.59. The Labute approximate surface area is 354 Å². The molecular weight excluding hydrogens is 715 g/mol. The second-order valence-electron chi connectivity index (χ2n) is 20.3. The molecule has 0 fully saturated rings. The first kappa shape index (κ1) is 38.9. The van der Waals surface area contributed by atoms with Crippen molar-refractivity contribution in [3.63, 3.8) is 0 Å². The molecule has 0 bridgehead atoms. The molecule has 0 spiro atoms. The quantitative estimate of drug-likeness (QED) is 0.170. The minimum atomic E-state index is -0.315. The molecule has 0 N–H and O–H groups in total. The molecule has 300 valence electrons. The molecule has 2 atom stereocenters. The molecule has 2 aliphatic carbocycles. The van der Waals surface area contributed by atoms with Crippen molar-refractivity contribution < 1.29 is 0 Å². The predicted molar refractivity (Wildman–Crippen MR) is 252 cm³/mol. The lowest BCUT2D eigenvalue weighted by Crippen LogP contribution is -2.39. The van der Waals surface area contributed by atoms with Crippen LogP contribution in [-0.2, 0) is 10.8 Å². The summed E-state index contributed by atoms with van der Waals surface area (Å²) in [6, 6.07) is 43.5. The Hall–Kier alpha value is -5.54. The van der Waals surface area contributed by atoms with Gasteiger partial charge in [-0.15, -0.1) is 0 Å². The zero-order valence-corrected chi connectivity index (χ0v) is 36.8. The third kappa shape index (κ3) is 6.58. The minimum Gasteiger partial charge on any atom is -0.334 e. The van der Waals surface area contributed by atoms with Crippen LogP contribution >= 0.6 is 0 Å². The van der Waals surface area contributed by atoms with Crippen molar-refractivity contribution in [2.24, 2.45) is 16.7 Å². The molecule has 3 nitrogen and oxygen atoms in total. The fourth-order valence-corrected chi connectivity index (χ4v) is 10.1. The Bertz CT molecular complexity index is 2530. The number of rotatable bonds is 6. The largest absolute Gasteiger partial charge is 0.334 e. The van der Waals surface area contributed by atoms with Gasteiger partial charge in [0.15, 0.2) is 0 Å². The third-order valence-electron chi connectivity index (χ3n) is 13.7. The molecule has 0 aromatic heterocycles. The van der Waals surface area contributed by atoms with E-state index in [0.29, 0.717) is 5.92 Å². The summed E-state index contributed by atoms with van der Waals surface area (Å²) in [6.45, 7) is 23.7. The van der Waals surface area contributed by atoms with Crippen molar-refractivity contribution in [3.05, 3.63) is 185 Å². The van der Waals surface area contributed by atoms with Crippen LogP contribution in [0.2, 0.25) is 0 Å². The topological polar surface area (TPSA) is 9.72 Å². The van der Waals surface area contributed by atoms with Gasteiger partial charge in [-0.3, -0.25) is 0 Å². The molecule has 9 rings (SSSR count). The lowest BCUT2D eigenvalue weighted by molar-refractivity contribution is 0.293. The highest BCUT2D eigenvalue weighted by molar-refractivity contribution is 5.95. The van der Waals surface area contributed by atoms with Crippen LogP contribution in [-0.4, -0.2) is 6.04 Å². The number of nitrogens with zero attached hydrogens (tertiary/aromatic N) is 3. The van der Waals surface area contributed by atoms with Crippen molar-refractivity contribution in [2.75, 3.05) is 14.7 Å². The first-order chi connectivity index (χ1) is 28.0. The second kappa shape index (κ2) is 14.0. The molecule has 4 aliphatic rings. The van der Waals surface area contributed by atoms with Crippen LogP contribution in [0, 0.1) is 16.7 Å². The van der Waals surface area contributed by atoms with Crippen molar-refractivity contribution in [2.45, 2.75) is 99.0 Å². The van der Waals surface area contributed by atoms with E-state index in [1.165, 1.54) is 73.3 Å². The SMILES string of the molecule is CC(C)(C)C1=CCC(N(c2ccccc2)c2ccc3c(c2)C(C)(C)c2cc(N(C4=CCC(C(C)(C)C)C=C4)c4ccccc4)cc4c2N3c2ccccc2C4(C)C)C=C1. The number of hydrogen-bond acceptors (Lipinski definition) is 3. The van der Waals surface area contributed by atoms with E-state index < -0.39 is 0 Å². The first-order valence-corrected chi connectivity index (χ1v) is 21.7. The number of fused-ring (bicyclic) bond motifs is 4. The maximum Gasteiger partial charge on any atom is 0.0560 e. The van der Waals surface area contributed by atoms with E-state index in [1.807, 2.05) is 0 Å². The van der Waals surface area contributed by atoms with Gasteiger partial charge >= 0.3 is 0 Å². The molecule has 59 heavy (non-hydrogen) atoms. The van der Waals surface area contributed by atoms with E-state index >= 15 is 0 Å². The summed E-state index contributed by atoms with van der Waals surface area (Å²) < 4.78 is 0. The standard InChI is InChI=1S/C56H61N3/c1-53(2,3)38-25-29-42(30-26-38)57(40-19-13-11-14-20-40)44-33-34-51-47(35-44)56(9,10)49-37-45(36-48-52(49)59(51)50-24-18-17-23-46(50)55(48,7)8)58(41-21-15-12-16-22-41)43-31-27-39(28-32-43)54(4,5)6/h11-27,29,31-37,39,42H,28,30H2,1-10H3. The van der Waals surface area contributed by atoms with Crippen molar-refractivity contribution in [3.8, 4) is 0 Å². The highest BCUT2D eigenvalue weighted by Gasteiger charge is 2.46. The highest BCUT2D eigenvalue weighted by atomic mass is 15.2. The fourth-order valence-electron chi connectivity index (χ4n) is 10.1. The van der Waals surface area contributed by atoms with Gasteiger partial charge in [0.05, 0.1) is 23.1 Å². The smallest absolute Gasteiger partial charge is 0.0560 e. The normalized spacial score (nSPS) is 19.9. The van der Waals surface area contributed by atoms with Gasteiger partial charge in [-0.2, -0.15) is 0 Å². The van der Waals surface area contributed by atoms with Crippen molar-refractivity contribution >= 4 is 39.8 Å². The number of para-hydroxylation sites is 3. The lowest BCUT2D eigenvalue weighted by atomic mass is 9.66. The fraction of sp³-hybridized carbons (Fsp3) is 0.321. The lowest BCUT2D eigenvalue weighted by Gasteiger charge is -2.50. The second-order valence-corrected chi connectivity index (χ2v) is 20.3. The van der Waals surface area contributed by atoms with E-state index in [-0.39, 0.29) is 27.7 Å². The molecule has 5 aromatic carbocycles.